The van der Waals surface area contributed by atoms with E-state index in [1.807, 2.05) is 4.57 Å². The first kappa shape index (κ1) is 14.2. The maximum atomic E-state index is 9.40. The molecule has 0 aromatic carbocycles. The Hall–Kier alpha value is -1.73. The second kappa shape index (κ2) is 5.23. The molecule has 2 aromatic heterocycles. The fraction of sp³-hybridized carbons (Fsp3) is 0.643. The molecule has 114 valence electrons. The molecular weight excluding hydrogens is 270 g/mol. The van der Waals surface area contributed by atoms with Crippen molar-refractivity contribution in [3.05, 3.63) is 12.7 Å². The number of imidazole rings is 1. The lowest BCUT2D eigenvalue weighted by Crippen LogP contribution is -2.57. The predicted octanol–water partition coefficient (Wildman–Crippen LogP) is 0.416. The highest BCUT2D eigenvalue weighted by Crippen LogP contribution is 2.34. The third kappa shape index (κ3) is 2.58. The van der Waals surface area contributed by atoms with Crippen LogP contribution in [0.5, 0.6) is 0 Å². The SMILES string of the molecule is C[C@H](O)CCn1cnc2c(N3CC(C)(CO)C3)ncnc21. The molecule has 0 amide bonds. The van der Waals surface area contributed by atoms with Crippen LogP contribution in [0.2, 0.25) is 0 Å². The van der Waals surface area contributed by atoms with Crippen LogP contribution in [0.4, 0.5) is 5.82 Å². The minimum atomic E-state index is -0.343. The normalized spacial score (nSPS) is 18.8. The van der Waals surface area contributed by atoms with Gasteiger partial charge in [-0.2, -0.15) is 0 Å². The Morgan fingerprint density at radius 2 is 2.10 bits per heavy atom. The predicted molar refractivity (Wildman–Crippen MR) is 79.0 cm³/mol. The van der Waals surface area contributed by atoms with E-state index in [1.54, 1.807) is 19.6 Å². The van der Waals surface area contributed by atoms with E-state index in [0.29, 0.717) is 13.0 Å². The number of anilines is 1. The summed E-state index contributed by atoms with van der Waals surface area (Å²) in [5.41, 5.74) is 1.52. The molecule has 3 heterocycles. The Morgan fingerprint density at radius 3 is 2.76 bits per heavy atom. The minimum Gasteiger partial charge on any atom is -0.396 e. The number of hydrogen-bond acceptors (Lipinski definition) is 6. The molecule has 2 N–H and O–H groups in total. The van der Waals surface area contributed by atoms with Crippen LogP contribution in [0.15, 0.2) is 12.7 Å². The van der Waals surface area contributed by atoms with Crippen LogP contribution in [-0.4, -0.2) is 55.5 Å². The summed E-state index contributed by atoms with van der Waals surface area (Å²) in [6.07, 6.45) is 3.62. The molecular formula is C14H21N5O2. The fourth-order valence-electron chi connectivity index (χ4n) is 2.71. The van der Waals surface area contributed by atoms with Gasteiger partial charge in [-0.05, 0) is 13.3 Å². The molecule has 7 heteroatoms. The standard InChI is InChI=1S/C14H21N5O2/c1-10(21)3-4-18-9-17-11-12(18)15-8-16-13(11)19-5-14(2,6-19)7-20/h8-10,20-21H,3-7H2,1-2H3/t10-/m0/s1. The van der Waals surface area contributed by atoms with Gasteiger partial charge in [0.2, 0.25) is 0 Å². The van der Waals surface area contributed by atoms with Crippen LogP contribution in [0, 0.1) is 5.41 Å². The summed E-state index contributed by atoms with van der Waals surface area (Å²) in [7, 11) is 0. The van der Waals surface area contributed by atoms with Gasteiger partial charge in [0, 0.05) is 25.0 Å². The fourth-order valence-corrected chi connectivity index (χ4v) is 2.71. The molecule has 1 saturated heterocycles. The van der Waals surface area contributed by atoms with Crippen molar-refractivity contribution in [3.63, 3.8) is 0 Å². The van der Waals surface area contributed by atoms with Crippen molar-refractivity contribution in [1.82, 2.24) is 19.5 Å². The van der Waals surface area contributed by atoms with Gasteiger partial charge in [-0.3, -0.25) is 0 Å². The topological polar surface area (TPSA) is 87.3 Å². The molecule has 0 radical (unpaired) electrons. The van der Waals surface area contributed by atoms with E-state index in [2.05, 4.69) is 26.8 Å². The van der Waals surface area contributed by atoms with Crippen molar-refractivity contribution in [3.8, 4) is 0 Å². The van der Waals surface area contributed by atoms with Crippen LogP contribution in [0.1, 0.15) is 20.3 Å². The number of fused-ring (bicyclic) bond motifs is 1. The summed E-state index contributed by atoms with van der Waals surface area (Å²) in [6, 6.07) is 0. The molecule has 21 heavy (non-hydrogen) atoms. The first-order chi connectivity index (χ1) is 10.0. The van der Waals surface area contributed by atoms with Crippen molar-refractivity contribution < 1.29 is 10.2 Å². The molecule has 7 nitrogen and oxygen atoms in total. The average Bonchev–Trinajstić information content (AvgIpc) is 2.85. The number of nitrogens with zero attached hydrogens (tertiary/aromatic N) is 5. The Balaban J connectivity index is 1.85. The Labute approximate surface area is 123 Å². The van der Waals surface area contributed by atoms with Crippen LogP contribution >= 0.6 is 0 Å². The third-order valence-electron chi connectivity index (χ3n) is 4.00. The highest BCUT2D eigenvalue weighted by molar-refractivity contribution is 5.83. The summed E-state index contributed by atoms with van der Waals surface area (Å²) in [6.45, 7) is 6.24. The number of aliphatic hydroxyl groups excluding tert-OH is 2. The van der Waals surface area contributed by atoms with E-state index in [9.17, 15) is 10.2 Å². The van der Waals surface area contributed by atoms with E-state index in [4.69, 9.17) is 0 Å². The monoisotopic (exact) mass is 291 g/mol. The molecule has 1 atom stereocenters. The molecule has 0 unspecified atom stereocenters. The van der Waals surface area contributed by atoms with Gasteiger partial charge in [0.05, 0.1) is 19.0 Å². The maximum Gasteiger partial charge on any atom is 0.165 e. The highest BCUT2D eigenvalue weighted by Gasteiger charge is 2.39. The third-order valence-corrected chi connectivity index (χ3v) is 4.00. The van der Waals surface area contributed by atoms with Gasteiger partial charge >= 0.3 is 0 Å². The molecule has 0 bridgehead atoms. The van der Waals surface area contributed by atoms with Crippen LogP contribution < -0.4 is 4.90 Å². The molecule has 1 aliphatic heterocycles. The molecule has 0 saturated carbocycles. The first-order valence-corrected chi connectivity index (χ1v) is 7.22. The van der Waals surface area contributed by atoms with Gasteiger partial charge in [-0.15, -0.1) is 0 Å². The summed E-state index contributed by atoms with van der Waals surface area (Å²) in [5, 5.41) is 18.7. The lowest BCUT2D eigenvalue weighted by Gasteiger charge is -2.47. The summed E-state index contributed by atoms with van der Waals surface area (Å²) < 4.78 is 1.94. The summed E-state index contributed by atoms with van der Waals surface area (Å²) in [5.74, 6) is 0.821. The van der Waals surface area contributed by atoms with E-state index in [-0.39, 0.29) is 18.1 Å². The summed E-state index contributed by atoms with van der Waals surface area (Å²) in [4.78, 5) is 15.2. The molecule has 1 fully saturated rings. The number of hydrogen-bond donors (Lipinski definition) is 2. The molecule has 0 aliphatic carbocycles. The lowest BCUT2D eigenvalue weighted by molar-refractivity contribution is 0.110. The van der Waals surface area contributed by atoms with Gasteiger partial charge in [0.15, 0.2) is 17.0 Å². The number of aromatic nitrogens is 4. The smallest absolute Gasteiger partial charge is 0.165 e. The second-order valence-corrected chi connectivity index (χ2v) is 6.27. The van der Waals surface area contributed by atoms with Gasteiger partial charge < -0.3 is 19.7 Å². The molecule has 2 aromatic rings. The minimum absolute atomic E-state index is 0.0494. The quantitative estimate of drug-likeness (QED) is 0.830. The van der Waals surface area contributed by atoms with E-state index in [1.165, 1.54) is 0 Å². The average molecular weight is 291 g/mol. The lowest BCUT2D eigenvalue weighted by atomic mass is 9.83. The Bertz CT molecular complexity index is 633. The number of rotatable bonds is 5. The number of aryl methyl sites for hydroxylation is 1. The van der Waals surface area contributed by atoms with Gasteiger partial charge in [-0.1, -0.05) is 6.92 Å². The molecule has 0 spiro atoms. The summed E-state index contributed by atoms with van der Waals surface area (Å²) >= 11 is 0. The first-order valence-electron chi connectivity index (χ1n) is 7.22. The van der Waals surface area contributed by atoms with Crippen molar-refractivity contribution in [2.24, 2.45) is 5.41 Å². The van der Waals surface area contributed by atoms with Crippen LogP contribution in [0.25, 0.3) is 11.2 Å². The Kier molecular flexibility index (Phi) is 3.54. The second-order valence-electron chi connectivity index (χ2n) is 6.27. The molecule has 3 rings (SSSR count). The van der Waals surface area contributed by atoms with Gasteiger partial charge in [-0.25, -0.2) is 15.0 Å². The van der Waals surface area contributed by atoms with Crippen molar-refractivity contribution >= 4 is 17.0 Å². The van der Waals surface area contributed by atoms with Crippen molar-refractivity contribution in [1.29, 1.82) is 0 Å². The number of aliphatic hydroxyl groups is 2. The van der Waals surface area contributed by atoms with Crippen molar-refractivity contribution in [2.75, 3.05) is 24.6 Å². The zero-order valence-corrected chi connectivity index (χ0v) is 12.4. The zero-order valence-electron chi connectivity index (χ0n) is 12.4. The van der Waals surface area contributed by atoms with Gasteiger partial charge in [0.1, 0.15) is 6.33 Å². The van der Waals surface area contributed by atoms with E-state index < -0.39 is 0 Å². The van der Waals surface area contributed by atoms with Crippen molar-refractivity contribution in [2.45, 2.75) is 32.9 Å². The van der Waals surface area contributed by atoms with Gasteiger partial charge in [0.25, 0.3) is 0 Å². The van der Waals surface area contributed by atoms with E-state index in [0.717, 1.165) is 30.1 Å². The van der Waals surface area contributed by atoms with Crippen LogP contribution in [0.3, 0.4) is 0 Å². The highest BCUT2D eigenvalue weighted by atomic mass is 16.3. The largest absolute Gasteiger partial charge is 0.396 e. The maximum absolute atomic E-state index is 9.40. The van der Waals surface area contributed by atoms with E-state index >= 15 is 0 Å². The molecule has 1 aliphatic rings. The Morgan fingerprint density at radius 1 is 1.33 bits per heavy atom. The zero-order chi connectivity index (χ0) is 15.0. The van der Waals surface area contributed by atoms with Crippen LogP contribution in [-0.2, 0) is 6.54 Å².